The average molecular weight is 246 g/mol. The zero-order valence-electron chi connectivity index (χ0n) is 10.0. The van der Waals surface area contributed by atoms with Gasteiger partial charge in [-0.05, 0) is 12.3 Å². The fourth-order valence-electron chi connectivity index (χ4n) is 1.82. The number of rotatable bonds is 8. The van der Waals surface area contributed by atoms with Gasteiger partial charge >= 0.3 is 17.9 Å². The first-order chi connectivity index (χ1) is 7.92. The van der Waals surface area contributed by atoms with E-state index in [0.717, 1.165) is 0 Å². The molecule has 0 amide bonds. The first-order valence-corrected chi connectivity index (χ1v) is 5.43. The van der Waals surface area contributed by atoms with Crippen molar-refractivity contribution in [3.63, 3.8) is 0 Å². The Hall–Kier alpha value is -1.59. The number of hydrogen-bond donors (Lipinski definition) is 2. The predicted molar refractivity (Wildman–Crippen MR) is 58.4 cm³/mol. The van der Waals surface area contributed by atoms with Crippen LogP contribution in [-0.4, -0.2) is 35.2 Å². The molecule has 0 radical (unpaired) electrons. The molecule has 0 saturated carbocycles. The summed E-state index contributed by atoms with van der Waals surface area (Å²) in [7, 11) is 1.17. The highest BCUT2D eigenvalue weighted by molar-refractivity contribution is 5.80. The second kappa shape index (κ2) is 7.65. The van der Waals surface area contributed by atoms with Crippen molar-refractivity contribution in [2.75, 3.05) is 7.11 Å². The molecule has 2 unspecified atom stereocenters. The SMILES string of the molecule is CCCC(CC(=O)O)C(CC(=O)O)C(=O)OC. The van der Waals surface area contributed by atoms with Crippen LogP contribution in [0, 0.1) is 11.8 Å². The van der Waals surface area contributed by atoms with Gasteiger partial charge in [0.25, 0.3) is 0 Å². The van der Waals surface area contributed by atoms with Gasteiger partial charge < -0.3 is 14.9 Å². The number of methoxy groups -OCH3 is 1. The molecule has 6 heteroatoms. The zero-order chi connectivity index (χ0) is 13.4. The molecule has 17 heavy (non-hydrogen) atoms. The molecule has 0 spiro atoms. The lowest BCUT2D eigenvalue weighted by molar-refractivity contribution is -0.154. The summed E-state index contributed by atoms with van der Waals surface area (Å²) in [4.78, 5) is 32.8. The number of carboxylic acid groups (broad SMARTS) is 2. The summed E-state index contributed by atoms with van der Waals surface area (Å²) in [5.74, 6) is -4.23. The van der Waals surface area contributed by atoms with Gasteiger partial charge in [0.15, 0.2) is 0 Å². The van der Waals surface area contributed by atoms with E-state index in [1.165, 1.54) is 7.11 Å². The minimum Gasteiger partial charge on any atom is -0.481 e. The van der Waals surface area contributed by atoms with Gasteiger partial charge in [-0.25, -0.2) is 0 Å². The van der Waals surface area contributed by atoms with Crippen molar-refractivity contribution in [1.29, 1.82) is 0 Å². The number of hydrogen-bond acceptors (Lipinski definition) is 4. The Morgan fingerprint density at radius 2 is 1.65 bits per heavy atom. The smallest absolute Gasteiger partial charge is 0.309 e. The summed E-state index contributed by atoms with van der Waals surface area (Å²) >= 11 is 0. The summed E-state index contributed by atoms with van der Waals surface area (Å²) in [6.45, 7) is 1.85. The van der Waals surface area contributed by atoms with E-state index >= 15 is 0 Å². The highest BCUT2D eigenvalue weighted by Gasteiger charge is 2.32. The van der Waals surface area contributed by atoms with Crippen LogP contribution in [0.2, 0.25) is 0 Å². The van der Waals surface area contributed by atoms with Gasteiger partial charge in [0, 0.05) is 6.42 Å². The van der Waals surface area contributed by atoms with Gasteiger partial charge in [0.2, 0.25) is 0 Å². The maximum Gasteiger partial charge on any atom is 0.309 e. The van der Waals surface area contributed by atoms with Crippen LogP contribution in [0.1, 0.15) is 32.6 Å². The van der Waals surface area contributed by atoms with Gasteiger partial charge in [0.05, 0.1) is 19.4 Å². The molecule has 0 aliphatic rings. The van der Waals surface area contributed by atoms with E-state index in [1.54, 1.807) is 0 Å². The van der Waals surface area contributed by atoms with Gasteiger partial charge in [-0.1, -0.05) is 13.3 Å². The molecule has 0 aromatic heterocycles. The summed E-state index contributed by atoms with van der Waals surface area (Å²) in [5.41, 5.74) is 0. The van der Waals surface area contributed by atoms with Gasteiger partial charge in [0.1, 0.15) is 0 Å². The van der Waals surface area contributed by atoms with Crippen molar-refractivity contribution >= 4 is 17.9 Å². The summed E-state index contributed by atoms with van der Waals surface area (Å²) in [6.07, 6.45) is 0.552. The largest absolute Gasteiger partial charge is 0.481 e. The highest BCUT2D eigenvalue weighted by Crippen LogP contribution is 2.26. The third-order valence-electron chi connectivity index (χ3n) is 2.56. The summed E-state index contributed by atoms with van der Waals surface area (Å²) in [6, 6.07) is 0. The third-order valence-corrected chi connectivity index (χ3v) is 2.56. The Kier molecular flexibility index (Phi) is 6.93. The van der Waals surface area contributed by atoms with Crippen molar-refractivity contribution in [3.8, 4) is 0 Å². The van der Waals surface area contributed by atoms with E-state index in [4.69, 9.17) is 10.2 Å². The standard InChI is InChI=1S/C11H18O6/c1-3-4-7(5-9(12)13)8(6-10(14)15)11(16)17-2/h7-8H,3-6H2,1-2H3,(H,12,13)(H,14,15). The van der Waals surface area contributed by atoms with Gasteiger partial charge in [-0.15, -0.1) is 0 Å². The van der Waals surface area contributed by atoms with Gasteiger partial charge in [-0.2, -0.15) is 0 Å². The minimum absolute atomic E-state index is 0.221. The fraction of sp³-hybridized carbons (Fsp3) is 0.727. The third kappa shape index (κ3) is 5.89. The number of esters is 1. The molecule has 0 rings (SSSR count). The number of carboxylic acids is 2. The number of carbonyl (C=O) groups is 3. The molecule has 0 aliphatic carbocycles. The Morgan fingerprint density at radius 3 is 2.00 bits per heavy atom. The minimum atomic E-state index is -1.13. The molecule has 6 nitrogen and oxygen atoms in total. The highest BCUT2D eigenvalue weighted by atomic mass is 16.5. The lowest BCUT2D eigenvalue weighted by atomic mass is 9.83. The molecule has 0 aromatic rings. The number of aliphatic carboxylic acids is 2. The van der Waals surface area contributed by atoms with Crippen molar-refractivity contribution in [1.82, 2.24) is 0 Å². The maximum absolute atomic E-state index is 11.5. The zero-order valence-corrected chi connectivity index (χ0v) is 10.0. The Morgan fingerprint density at radius 1 is 1.12 bits per heavy atom. The van der Waals surface area contributed by atoms with E-state index < -0.39 is 36.2 Å². The second-order valence-electron chi connectivity index (χ2n) is 3.87. The van der Waals surface area contributed by atoms with Crippen molar-refractivity contribution < 1.29 is 29.3 Å². The maximum atomic E-state index is 11.5. The second-order valence-corrected chi connectivity index (χ2v) is 3.87. The topological polar surface area (TPSA) is 101 Å². The molecular weight excluding hydrogens is 228 g/mol. The van der Waals surface area contributed by atoms with Crippen LogP contribution in [0.25, 0.3) is 0 Å². The van der Waals surface area contributed by atoms with E-state index in [1.807, 2.05) is 6.92 Å². The van der Waals surface area contributed by atoms with Crippen LogP contribution in [0.15, 0.2) is 0 Å². The van der Waals surface area contributed by atoms with Crippen LogP contribution in [0.3, 0.4) is 0 Å². The number of ether oxygens (including phenoxy) is 1. The predicted octanol–water partition coefficient (Wildman–Crippen LogP) is 1.14. The van der Waals surface area contributed by atoms with Crippen molar-refractivity contribution in [2.24, 2.45) is 11.8 Å². The summed E-state index contributed by atoms with van der Waals surface area (Å²) < 4.78 is 4.53. The molecule has 0 aromatic carbocycles. The molecule has 0 aliphatic heterocycles. The fourth-order valence-corrected chi connectivity index (χ4v) is 1.82. The summed E-state index contributed by atoms with van der Waals surface area (Å²) in [5, 5.41) is 17.5. The van der Waals surface area contributed by atoms with Crippen LogP contribution >= 0.6 is 0 Å². The average Bonchev–Trinajstić information content (AvgIpc) is 2.23. The van der Waals surface area contributed by atoms with Gasteiger partial charge in [-0.3, -0.25) is 14.4 Å². The van der Waals surface area contributed by atoms with E-state index in [0.29, 0.717) is 12.8 Å². The molecule has 0 bridgehead atoms. The molecule has 0 heterocycles. The van der Waals surface area contributed by atoms with Crippen molar-refractivity contribution in [2.45, 2.75) is 32.6 Å². The monoisotopic (exact) mass is 246 g/mol. The number of carbonyl (C=O) groups excluding carboxylic acids is 1. The lowest BCUT2D eigenvalue weighted by Gasteiger charge is -2.22. The Labute approximate surface area is 99.6 Å². The Bertz CT molecular complexity index is 286. The van der Waals surface area contributed by atoms with E-state index in [-0.39, 0.29) is 6.42 Å². The molecule has 98 valence electrons. The molecular formula is C11H18O6. The van der Waals surface area contributed by atoms with Crippen LogP contribution in [0.4, 0.5) is 0 Å². The molecule has 2 atom stereocenters. The quantitative estimate of drug-likeness (QED) is 0.623. The molecule has 0 fully saturated rings. The molecule has 2 N–H and O–H groups in total. The van der Waals surface area contributed by atoms with E-state index in [9.17, 15) is 14.4 Å². The first kappa shape index (κ1) is 15.4. The van der Waals surface area contributed by atoms with Crippen LogP contribution in [0.5, 0.6) is 0 Å². The first-order valence-electron chi connectivity index (χ1n) is 5.43. The van der Waals surface area contributed by atoms with E-state index in [2.05, 4.69) is 4.74 Å². The lowest BCUT2D eigenvalue weighted by Crippen LogP contribution is -2.29. The normalized spacial score (nSPS) is 13.8. The van der Waals surface area contributed by atoms with Crippen LogP contribution in [-0.2, 0) is 19.1 Å². The van der Waals surface area contributed by atoms with Crippen LogP contribution < -0.4 is 0 Å². The Balaban J connectivity index is 4.84. The molecule has 0 saturated heterocycles. The van der Waals surface area contributed by atoms with Crippen molar-refractivity contribution in [3.05, 3.63) is 0 Å².